The summed E-state index contributed by atoms with van der Waals surface area (Å²) in [5, 5.41) is 15.2. The average molecular weight is 456 g/mol. The Morgan fingerprint density at radius 2 is 1.85 bits per heavy atom. The molecule has 2 heterocycles. The molecule has 1 aromatic carbocycles. The van der Waals surface area contributed by atoms with E-state index in [1.807, 2.05) is 49.5 Å². The van der Waals surface area contributed by atoms with Gasteiger partial charge in [-0.25, -0.2) is 0 Å². The minimum Gasteiger partial charge on any atom is -0.467 e. The molecular weight excluding hydrogens is 418 g/mol. The van der Waals surface area contributed by atoms with Crippen LogP contribution < -0.4 is 4.90 Å². The highest BCUT2D eigenvalue weighted by molar-refractivity contribution is 5.68. The number of aliphatic hydroxyl groups excluding tert-OH is 1. The van der Waals surface area contributed by atoms with Crippen molar-refractivity contribution in [3.05, 3.63) is 60.1 Å². The van der Waals surface area contributed by atoms with Crippen LogP contribution in [0.4, 0.5) is 5.88 Å². The van der Waals surface area contributed by atoms with Crippen LogP contribution in [0.25, 0.3) is 11.3 Å². The summed E-state index contributed by atoms with van der Waals surface area (Å²) in [5.41, 5.74) is 2.89. The van der Waals surface area contributed by atoms with Crippen molar-refractivity contribution >= 4 is 5.88 Å². The fraction of sp³-hybridized carbons (Fsp3) is 0.500. The van der Waals surface area contributed by atoms with Crippen LogP contribution in [0.3, 0.4) is 0 Å². The zero-order valence-corrected chi connectivity index (χ0v) is 20.4. The molecule has 3 aromatic rings. The molecule has 180 valence electrons. The fourth-order valence-corrected chi connectivity index (χ4v) is 3.65. The van der Waals surface area contributed by atoms with Crippen LogP contribution in [-0.4, -0.2) is 53.6 Å². The maximum absolute atomic E-state index is 10.7. The first kappa shape index (κ1) is 25.0. The van der Waals surface area contributed by atoms with Crippen LogP contribution in [0.5, 0.6) is 0 Å². The molecule has 0 fully saturated rings. The first-order valence-corrected chi connectivity index (χ1v) is 11.7. The van der Waals surface area contributed by atoms with Gasteiger partial charge in [0.25, 0.3) is 0 Å². The van der Waals surface area contributed by atoms with Gasteiger partial charge in [-0.2, -0.15) is 0 Å². The van der Waals surface area contributed by atoms with Crippen molar-refractivity contribution in [2.45, 2.75) is 65.5 Å². The van der Waals surface area contributed by atoms with Gasteiger partial charge in [-0.15, -0.1) is 0 Å². The molecule has 33 heavy (non-hydrogen) atoms. The second-order valence-corrected chi connectivity index (χ2v) is 8.82. The summed E-state index contributed by atoms with van der Waals surface area (Å²) in [4.78, 5) is 4.38. The zero-order chi connectivity index (χ0) is 23.8. The third-order valence-electron chi connectivity index (χ3n) is 6.06. The van der Waals surface area contributed by atoms with E-state index in [-0.39, 0.29) is 18.7 Å². The van der Waals surface area contributed by atoms with Crippen molar-refractivity contribution in [1.82, 2.24) is 10.1 Å². The maximum Gasteiger partial charge on any atom is 0.232 e. The maximum atomic E-state index is 10.7. The average Bonchev–Trinajstić information content (AvgIpc) is 3.48. The second-order valence-electron chi connectivity index (χ2n) is 8.82. The molecule has 2 unspecified atom stereocenters. The number of aromatic nitrogens is 1. The van der Waals surface area contributed by atoms with Gasteiger partial charge in [0.05, 0.1) is 24.5 Å². The van der Waals surface area contributed by atoms with E-state index < -0.39 is 6.10 Å². The van der Waals surface area contributed by atoms with Crippen LogP contribution >= 0.6 is 0 Å². The van der Waals surface area contributed by atoms with E-state index in [0.29, 0.717) is 19.7 Å². The Morgan fingerprint density at radius 3 is 2.48 bits per heavy atom. The monoisotopic (exact) mass is 455 g/mol. The van der Waals surface area contributed by atoms with E-state index in [0.717, 1.165) is 34.9 Å². The Hall–Kier alpha value is -2.61. The van der Waals surface area contributed by atoms with Crippen LogP contribution in [-0.2, 0) is 17.9 Å². The third kappa shape index (κ3) is 6.69. The van der Waals surface area contributed by atoms with Gasteiger partial charge in [0, 0.05) is 37.8 Å². The molecule has 7 heteroatoms. The number of hydrogen-bond acceptors (Lipinski definition) is 7. The lowest BCUT2D eigenvalue weighted by Gasteiger charge is -2.31. The van der Waals surface area contributed by atoms with Crippen LogP contribution in [0.1, 0.15) is 45.4 Å². The summed E-state index contributed by atoms with van der Waals surface area (Å²) in [6.45, 7) is 10.3. The van der Waals surface area contributed by atoms with E-state index in [1.165, 1.54) is 0 Å². The molecule has 0 radical (unpaired) electrons. The van der Waals surface area contributed by atoms with Gasteiger partial charge in [-0.3, -0.25) is 4.90 Å². The first-order chi connectivity index (χ1) is 15.9. The molecule has 0 bridgehead atoms. The van der Waals surface area contributed by atoms with Crippen LogP contribution in [0.15, 0.2) is 57.7 Å². The lowest BCUT2D eigenvalue weighted by molar-refractivity contribution is -0.00269. The number of rotatable bonds is 13. The fourth-order valence-electron chi connectivity index (χ4n) is 3.65. The highest BCUT2D eigenvalue weighted by Crippen LogP contribution is 2.33. The van der Waals surface area contributed by atoms with Gasteiger partial charge in [-0.05, 0) is 39.3 Å². The smallest absolute Gasteiger partial charge is 0.232 e. The molecule has 0 amide bonds. The van der Waals surface area contributed by atoms with Crippen molar-refractivity contribution in [2.75, 3.05) is 25.1 Å². The summed E-state index contributed by atoms with van der Waals surface area (Å²) >= 11 is 0. The standard InChI is InChI=1S/C26H37N3O4/c1-6-20(4)29(15-22(30)17-31-18-23-13-10-14-32-23)16-24-25(21-11-8-7-9-12-21)27-33-26(24)28(5)19(2)3/h7-14,19-20,22,30H,6,15-18H2,1-5H3. The SMILES string of the molecule is CCC(C)N(Cc1c(-c2ccccc2)noc1N(C)C(C)C)CC(O)COCc1ccco1. The molecule has 7 nitrogen and oxygen atoms in total. The number of anilines is 1. The number of nitrogens with zero attached hydrogens (tertiary/aromatic N) is 3. The normalized spacial score (nSPS) is 13.6. The van der Waals surface area contributed by atoms with E-state index >= 15 is 0 Å². The molecule has 0 spiro atoms. The topological polar surface area (TPSA) is 75.1 Å². The molecule has 1 N–H and O–H groups in total. The van der Waals surface area contributed by atoms with Crippen molar-refractivity contribution in [3.63, 3.8) is 0 Å². The van der Waals surface area contributed by atoms with Crippen molar-refractivity contribution in [3.8, 4) is 11.3 Å². The van der Waals surface area contributed by atoms with Crippen molar-refractivity contribution < 1.29 is 18.8 Å². The van der Waals surface area contributed by atoms with Gasteiger partial charge in [-0.1, -0.05) is 42.4 Å². The Kier molecular flexibility index (Phi) is 9.11. The summed E-state index contributed by atoms with van der Waals surface area (Å²) < 4.78 is 16.8. The molecule has 2 atom stereocenters. The molecular formula is C26H37N3O4. The number of furan rings is 1. The number of benzene rings is 1. The van der Waals surface area contributed by atoms with Crippen molar-refractivity contribution in [1.29, 1.82) is 0 Å². The summed E-state index contributed by atoms with van der Waals surface area (Å²) in [5.74, 6) is 1.51. The Bertz CT molecular complexity index is 940. The third-order valence-corrected chi connectivity index (χ3v) is 6.06. The molecule has 0 saturated carbocycles. The van der Waals surface area contributed by atoms with E-state index in [1.54, 1.807) is 6.26 Å². The van der Waals surface area contributed by atoms with E-state index in [4.69, 9.17) is 13.7 Å². The van der Waals surface area contributed by atoms with Gasteiger partial charge >= 0.3 is 0 Å². The minimum absolute atomic E-state index is 0.238. The second kappa shape index (κ2) is 12.0. The zero-order valence-electron chi connectivity index (χ0n) is 20.4. The summed E-state index contributed by atoms with van der Waals surface area (Å²) in [7, 11) is 2.02. The highest BCUT2D eigenvalue weighted by Gasteiger charge is 2.26. The molecule has 2 aromatic heterocycles. The van der Waals surface area contributed by atoms with Crippen LogP contribution in [0, 0.1) is 0 Å². The Balaban J connectivity index is 1.79. The summed E-state index contributed by atoms with van der Waals surface area (Å²) in [6, 6.07) is 14.3. The Labute approximate surface area is 196 Å². The Morgan fingerprint density at radius 1 is 1.09 bits per heavy atom. The van der Waals surface area contributed by atoms with Gasteiger partial charge in [0.1, 0.15) is 18.1 Å². The number of ether oxygens (including phenoxy) is 1. The van der Waals surface area contributed by atoms with E-state index in [9.17, 15) is 5.11 Å². The first-order valence-electron chi connectivity index (χ1n) is 11.7. The number of hydrogen-bond donors (Lipinski definition) is 1. The quantitative estimate of drug-likeness (QED) is 0.390. The largest absolute Gasteiger partial charge is 0.467 e. The molecule has 0 aliphatic rings. The van der Waals surface area contributed by atoms with Gasteiger partial charge < -0.3 is 23.7 Å². The highest BCUT2D eigenvalue weighted by atomic mass is 16.5. The van der Waals surface area contributed by atoms with Crippen molar-refractivity contribution in [2.24, 2.45) is 0 Å². The predicted molar refractivity (Wildman–Crippen MR) is 130 cm³/mol. The minimum atomic E-state index is -0.625. The lowest BCUT2D eigenvalue weighted by atomic mass is 10.1. The van der Waals surface area contributed by atoms with Gasteiger partial charge in [0.2, 0.25) is 5.88 Å². The molecule has 0 aliphatic carbocycles. The molecule has 0 aliphatic heterocycles. The molecule has 3 rings (SSSR count). The van der Waals surface area contributed by atoms with Crippen LogP contribution in [0.2, 0.25) is 0 Å². The van der Waals surface area contributed by atoms with Gasteiger partial charge in [0.15, 0.2) is 0 Å². The predicted octanol–water partition coefficient (Wildman–Crippen LogP) is 4.96. The van der Waals surface area contributed by atoms with E-state index in [2.05, 4.69) is 42.7 Å². The molecule has 0 saturated heterocycles. The number of aliphatic hydroxyl groups is 1. The summed E-state index contributed by atoms with van der Waals surface area (Å²) in [6.07, 6.45) is 1.95. The lowest BCUT2D eigenvalue weighted by Crippen LogP contribution is -2.40.